The van der Waals surface area contributed by atoms with Gasteiger partial charge in [-0.2, -0.15) is 0 Å². The van der Waals surface area contributed by atoms with Crippen molar-refractivity contribution in [2.75, 3.05) is 0 Å². The third-order valence-corrected chi connectivity index (χ3v) is 4.34. The van der Waals surface area contributed by atoms with Gasteiger partial charge in [0.25, 0.3) is 0 Å². The standard InChI is InChI=1S/C9H5BrN2S2/c10-8-2-1-7(14-8)6-5-12-3-4-13-9(12)11-6/h1-5H. The Morgan fingerprint density at radius 2 is 2.29 bits per heavy atom. The molecule has 0 radical (unpaired) electrons. The number of hydrogen-bond acceptors (Lipinski definition) is 3. The van der Waals surface area contributed by atoms with Crippen molar-refractivity contribution in [1.29, 1.82) is 0 Å². The fraction of sp³-hybridized carbons (Fsp3) is 0. The van der Waals surface area contributed by atoms with Crippen LogP contribution in [0.25, 0.3) is 15.5 Å². The van der Waals surface area contributed by atoms with Gasteiger partial charge >= 0.3 is 0 Å². The molecule has 0 fully saturated rings. The van der Waals surface area contributed by atoms with E-state index in [1.54, 1.807) is 22.7 Å². The van der Waals surface area contributed by atoms with Crippen LogP contribution >= 0.6 is 38.6 Å². The van der Waals surface area contributed by atoms with Crippen LogP contribution in [0.5, 0.6) is 0 Å². The topological polar surface area (TPSA) is 17.3 Å². The lowest BCUT2D eigenvalue weighted by atomic mass is 10.4. The van der Waals surface area contributed by atoms with Gasteiger partial charge in [-0.05, 0) is 28.1 Å². The maximum absolute atomic E-state index is 4.53. The van der Waals surface area contributed by atoms with E-state index < -0.39 is 0 Å². The molecule has 0 atom stereocenters. The van der Waals surface area contributed by atoms with Crippen molar-refractivity contribution >= 4 is 43.6 Å². The molecule has 3 rings (SSSR count). The van der Waals surface area contributed by atoms with Crippen LogP contribution in [0.2, 0.25) is 0 Å². The first-order valence-corrected chi connectivity index (χ1v) is 6.50. The van der Waals surface area contributed by atoms with Crippen LogP contribution in [0, 0.1) is 0 Å². The Labute approximate surface area is 97.0 Å². The maximum atomic E-state index is 4.53. The third-order valence-electron chi connectivity index (χ3n) is 1.92. The molecule has 0 bridgehead atoms. The van der Waals surface area contributed by atoms with Crippen LogP contribution in [-0.2, 0) is 0 Å². The molecule has 3 aromatic heterocycles. The zero-order valence-electron chi connectivity index (χ0n) is 6.98. The first-order valence-electron chi connectivity index (χ1n) is 4.01. The van der Waals surface area contributed by atoms with Crippen LogP contribution in [0.1, 0.15) is 0 Å². The lowest BCUT2D eigenvalue weighted by Gasteiger charge is -1.85. The van der Waals surface area contributed by atoms with Gasteiger partial charge in [0.05, 0.1) is 8.66 Å². The molecule has 3 aromatic rings. The van der Waals surface area contributed by atoms with Crippen molar-refractivity contribution in [3.63, 3.8) is 0 Å². The van der Waals surface area contributed by atoms with Gasteiger partial charge < -0.3 is 0 Å². The van der Waals surface area contributed by atoms with Crippen LogP contribution in [0.4, 0.5) is 0 Å². The van der Waals surface area contributed by atoms with Crippen molar-refractivity contribution in [1.82, 2.24) is 9.38 Å². The fourth-order valence-electron chi connectivity index (χ4n) is 1.30. The Bertz CT molecular complexity index is 550. The fourth-order valence-corrected chi connectivity index (χ4v) is 3.34. The summed E-state index contributed by atoms with van der Waals surface area (Å²) in [5, 5.41) is 2.04. The molecular formula is C9H5BrN2S2. The van der Waals surface area contributed by atoms with Gasteiger partial charge in [0.2, 0.25) is 0 Å². The molecule has 0 aliphatic carbocycles. The first-order chi connectivity index (χ1) is 6.83. The van der Waals surface area contributed by atoms with E-state index in [1.807, 2.05) is 22.0 Å². The lowest BCUT2D eigenvalue weighted by molar-refractivity contribution is 1.23. The average molecular weight is 285 g/mol. The molecule has 2 nitrogen and oxygen atoms in total. The summed E-state index contributed by atoms with van der Waals surface area (Å²) in [7, 11) is 0. The Morgan fingerprint density at radius 3 is 3.00 bits per heavy atom. The molecule has 0 unspecified atom stereocenters. The predicted octanol–water partition coefficient (Wildman–Crippen LogP) is 3.89. The minimum Gasteiger partial charge on any atom is -0.297 e. The van der Waals surface area contributed by atoms with Gasteiger partial charge in [-0.1, -0.05) is 0 Å². The first kappa shape index (κ1) is 8.64. The SMILES string of the molecule is Brc1ccc(-c2cn3ccsc3n2)s1. The van der Waals surface area contributed by atoms with E-state index in [2.05, 4.69) is 33.2 Å². The quantitative estimate of drug-likeness (QED) is 0.663. The minimum absolute atomic E-state index is 1.05. The predicted molar refractivity (Wildman–Crippen MR) is 64.1 cm³/mol. The number of nitrogens with zero attached hydrogens (tertiary/aromatic N) is 2. The minimum atomic E-state index is 1.05. The zero-order valence-corrected chi connectivity index (χ0v) is 10.2. The van der Waals surface area contributed by atoms with Gasteiger partial charge in [0.1, 0.15) is 5.69 Å². The van der Waals surface area contributed by atoms with Gasteiger partial charge in [0.15, 0.2) is 4.96 Å². The monoisotopic (exact) mass is 284 g/mol. The second kappa shape index (κ2) is 3.18. The van der Waals surface area contributed by atoms with Gasteiger partial charge in [-0.15, -0.1) is 22.7 Å². The number of imidazole rings is 1. The normalized spacial score (nSPS) is 11.2. The number of rotatable bonds is 1. The average Bonchev–Trinajstić information content (AvgIpc) is 2.75. The van der Waals surface area contributed by atoms with E-state index in [-0.39, 0.29) is 0 Å². The molecule has 0 saturated carbocycles. The second-order valence-electron chi connectivity index (χ2n) is 2.82. The summed E-state index contributed by atoms with van der Waals surface area (Å²) in [6, 6.07) is 4.13. The van der Waals surface area contributed by atoms with E-state index in [4.69, 9.17) is 0 Å². The molecule has 0 aliphatic rings. The largest absolute Gasteiger partial charge is 0.297 e. The lowest BCUT2D eigenvalue weighted by Crippen LogP contribution is -1.68. The number of fused-ring (bicyclic) bond motifs is 1. The number of aromatic nitrogens is 2. The highest BCUT2D eigenvalue weighted by atomic mass is 79.9. The van der Waals surface area contributed by atoms with Crippen LogP contribution in [0.15, 0.2) is 33.7 Å². The number of thiazole rings is 1. The van der Waals surface area contributed by atoms with Gasteiger partial charge in [-0.25, -0.2) is 4.98 Å². The highest BCUT2D eigenvalue weighted by Crippen LogP contribution is 2.31. The number of thiophene rings is 1. The van der Waals surface area contributed by atoms with Crippen molar-refractivity contribution in [3.05, 3.63) is 33.7 Å². The number of hydrogen-bond donors (Lipinski definition) is 0. The van der Waals surface area contributed by atoms with Crippen molar-refractivity contribution < 1.29 is 0 Å². The Kier molecular flexibility index (Phi) is 1.97. The van der Waals surface area contributed by atoms with E-state index in [1.165, 1.54) is 4.88 Å². The van der Waals surface area contributed by atoms with Gasteiger partial charge in [0, 0.05) is 17.8 Å². The number of halogens is 1. The van der Waals surface area contributed by atoms with Crippen molar-refractivity contribution in [2.24, 2.45) is 0 Å². The summed E-state index contributed by atoms with van der Waals surface area (Å²) in [6.07, 6.45) is 4.09. The summed E-state index contributed by atoms with van der Waals surface area (Å²) in [5.41, 5.74) is 1.05. The highest BCUT2D eigenvalue weighted by Gasteiger charge is 2.06. The Balaban J connectivity index is 2.18. The molecule has 0 aromatic carbocycles. The molecule has 0 N–H and O–H groups in total. The second-order valence-corrected chi connectivity index (χ2v) is 6.16. The summed E-state index contributed by atoms with van der Waals surface area (Å²) >= 11 is 6.81. The molecular weight excluding hydrogens is 280 g/mol. The molecule has 0 amide bonds. The van der Waals surface area contributed by atoms with E-state index >= 15 is 0 Å². The molecule has 5 heteroatoms. The smallest absolute Gasteiger partial charge is 0.194 e. The van der Waals surface area contributed by atoms with E-state index in [9.17, 15) is 0 Å². The van der Waals surface area contributed by atoms with Crippen molar-refractivity contribution in [3.8, 4) is 10.6 Å². The maximum Gasteiger partial charge on any atom is 0.194 e. The summed E-state index contributed by atoms with van der Waals surface area (Å²) in [4.78, 5) is 6.77. The third kappa shape index (κ3) is 1.32. The van der Waals surface area contributed by atoms with Crippen LogP contribution in [0.3, 0.4) is 0 Å². The van der Waals surface area contributed by atoms with Crippen LogP contribution in [-0.4, -0.2) is 9.38 Å². The molecule has 0 spiro atoms. The molecule has 3 heterocycles. The zero-order chi connectivity index (χ0) is 9.54. The molecule has 70 valence electrons. The summed E-state index contributed by atoms with van der Waals surface area (Å²) < 4.78 is 3.19. The Hall–Kier alpha value is -0.650. The van der Waals surface area contributed by atoms with E-state index in [0.717, 1.165) is 14.4 Å². The van der Waals surface area contributed by atoms with Crippen LogP contribution < -0.4 is 0 Å². The Morgan fingerprint density at radius 1 is 1.36 bits per heavy atom. The molecule has 0 aliphatic heterocycles. The highest BCUT2D eigenvalue weighted by molar-refractivity contribution is 9.11. The summed E-state index contributed by atoms with van der Waals surface area (Å²) in [6.45, 7) is 0. The van der Waals surface area contributed by atoms with Gasteiger partial charge in [-0.3, -0.25) is 4.40 Å². The van der Waals surface area contributed by atoms with Crippen molar-refractivity contribution in [2.45, 2.75) is 0 Å². The summed E-state index contributed by atoms with van der Waals surface area (Å²) in [5.74, 6) is 0. The molecule has 14 heavy (non-hydrogen) atoms. The van der Waals surface area contributed by atoms with E-state index in [0.29, 0.717) is 0 Å². The molecule has 0 saturated heterocycles.